The maximum atomic E-state index is 12.3. The minimum atomic E-state index is -0.242. The third-order valence-corrected chi connectivity index (χ3v) is 4.49. The van der Waals surface area contributed by atoms with Crippen LogP contribution in [0.4, 0.5) is 0 Å². The SMILES string of the molecule is COc1nccn2c(CNC(=O)c3nc4ccccc4s3)nnc12. The number of aromatic nitrogens is 5. The molecule has 0 saturated carbocycles. The zero-order chi connectivity index (χ0) is 16.5. The van der Waals surface area contributed by atoms with E-state index in [1.807, 2.05) is 24.3 Å². The summed E-state index contributed by atoms with van der Waals surface area (Å²) in [5.41, 5.74) is 1.32. The Kier molecular flexibility index (Phi) is 3.54. The lowest BCUT2D eigenvalue weighted by atomic mass is 10.3. The van der Waals surface area contributed by atoms with Gasteiger partial charge in [0.05, 0.1) is 23.9 Å². The molecule has 3 aromatic heterocycles. The molecule has 0 fully saturated rings. The number of carbonyl (C=O) groups is 1. The van der Waals surface area contributed by atoms with Crippen molar-refractivity contribution in [2.45, 2.75) is 6.54 Å². The number of nitrogens with one attached hydrogen (secondary N) is 1. The number of para-hydroxylation sites is 1. The first-order valence-corrected chi connectivity index (χ1v) is 7.94. The second-order valence-electron chi connectivity index (χ2n) is 4.92. The number of benzene rings is 1. The Morgan fingerprint density at radius 3 is 3.04 bits per heavy atom. The number of ether oxygens (including phenoxy) is 1. The van der Waals surface area contributed by atoms with E-state index in [0.717, 1.165) is 10.2 Å². The molecule has 9 heteroatoms. The highest BCUT2D eigenvalue weighted by Gasteiger charge is 2.15. The van der Waals surface area contributed by atoms with Gasteiger partial charge < -0.3 is 10.1 Å². The van der Waals surface area contributed by atoms with Gasteiger partial charge in [-0.2, -0.15) is 0 Å². The summed E-state index contributed by atoms with van der Waals surface area (Å²) in [6.07, 6.45) is 3.31. The molecule has 1 aromatic carbocycles. The van der Waals surface area contributed by atoms with E-state index in [4.69, 9.17) is 4.74 Å². The van der Waals surface area contributed by atoms with E-state index in [1.165, 1.54) is 18.4 Å². The van der Waals surface area contributed by atoms with E-state index < -0.39 is 0 Å². The molecule has 0 bridgehead atoms. The second kappa shape index (κ2) is 5.85. The predicted molar refractivity (Wildman–Crippen MR) is 88.1 cm³/mol. The lowest BCUT2D eigenvalue weighted by molar-refractivity contribution is 0.0949. The van der Waals surface area contributed by atoms with Crippen LogP contribution in [0.25, 0.3) is 15.9 Å². The van der Waals surface area contributed by atoms with E-state index in [0.29, 0.717) is 22.4 Å². The standard InChI is InChI=1S/C15H12N6O2S/c1-23-14-12-20-19-11(21(12)7-6-16-14)8-17-13(22)15-18-9-4-2-3-5-10(9)24-15/h2-7H,8H2,1H3,(H,17,22). The van der Waals surface area contributed by atoms with Crippen molar-refractivity contribution >= 4 is 33.1 Å². The van der Waals surface area contributed by atoms with Gasteiger partial charge in [-0.25, -0.2) is 9.97 Å². The van der Waals surface area contributed by atoms with Crippen molar-refractivity contribution in [3.8, 4) is 5.88 Å². The van der Waals surface area contributed by atoms with Crippen molar-refractivity contribution in [3.63, 3.8) is 0 Å². The number of fused-ring (bicyclic) bond motifs is 2. The van der Waals surface area contributed by atoms with E-state index >= 15 is 0 Å². The molecule has 0 unspecified atom stereocenters. The fraction of sp³-hybridized carbons (Fsp3) is 0.133. The summed E-state index contributed by atoms with van der Waals surface area (Å²) in [6, 6.07) is 7.64. The van der Waals surface area contributed by atoms with Gasteiger partial charge in [0, 0.05) is 12.4 Å². The third-order valence-electron chi connectivity index (χ3n) is 3.45. The van der Waals surface area contributed by atoms with E-state index in [-0.39, 0.29) is 12.5 Å². The van der Waals surface area contributed by atoms with Gasteiger partial charge in [0.15, 0.2) is 10.8 Å². The normalized spacial score (nSPS) is 11.0. The number of hydrogen-bond acceptors (Lipinski definition) is 7. The minimum absolute atomic E-state index is 0.225. The number of carbonyl (C=O) groups excluding carboxylic acids is 1. The van der Waals surface area contributed by atoms with Crippen molar-refractivity contribution in [1.82, 2.24) is 29.9 Å². The first-order valence-electron chi connectivity index (χ1n) is 7.12. The molecule has 0 aliphatic rings. The van der Waals surface area contributed by atoms with Gasteiger partial charge in [-0.1, -0.05) is 12.1 Å². The molecule has 4 rings (SSSR count). The average Bonchev–Trinajstić information content (AvgIpc) is 3.23. The van der Waals surface area contributed by atoms with Crippen LogP contribution in [0.15, 0.2) is 36.7 Å². The van der Waals surface area contributed by atoms with E-state index in [9.17, 15) is 4.79 Å². The first kappa shape index (κ1) is 14.5. The molecular weight excluding hydrogens is 328 g/mol. The summed E-state index contributed by atoms with van der Waals surface area (Å²) in [4.78, 5) is 20.7. The van der Waals surface area contributed by atoms with Gasteiger partial charge in [-0.05, 0) is 12.1 Å². The fourth-order valence-electron chi connectivity index (χ4n) is 2.32. The van der Waals surface area contributed by atoms with Crippen molar-refractivity contribution in [1.29, 1.82) is 0 Å². The van der Waals surface area contributed by atoms with Gasteiger partial charge in [0.25, 0.3) is 11.8 Å². The zero-order valence-corrected chi connectivity index (χ0v) is 13.4. The predicted octanol–water partition coefficient (Wildman–Crippen LogP) is 1.67. The van der Waals surface area contributed by atoms with Crippen LogP contribution in [-0.4, -0.2) is 37.6 Å². The van der Waals surface area contributed by atoms with E-state index in [2.05, 4.69) is 25.5 Å². The molecule has 3 heterocycles. The van der Waals surface area contributed by atoms with Crippen molar-refractivity contribution in [2.24, 2.45) is 0 Å². The van der Waals surface area contributed by atoms with Gasteiger partial charge >= 0.3 is 0 Å². The summed E-state index contributed by atoms with van der Waals surface area (Å²) in [6.45, 7) is 0.225. The van der Waals surface area contributed by atoms with Crippen LogP contribution in [0, 0.1) is 0 Å². The zero-order valence-electron chi connectivity index (χ0n) is 12.6. The minimum Gasteiger partial charge on any atom is -0.478 e. The third kappa shape index (κ3) is 2.44. The summed E-state index contributed by atoms with van der Waals surface area (Å²) in [7, 11) is 1.52. The molecule has 0 spiro atoms. The number of hydrogen-bond donors (Lipinski definition) is 1. The van der Waals surface area contributed by atoms with Crippen molar-refractivity contribution < 1.29 is 9.53 Å². The number of rotatable bonds is 4. The molecule has 0 aliphatic heterocycles. The average molecular weight is 340 g/mol. The maximum Gasteiger partial charge on any atom is 0.280 e. The second-order valence-corrected chi connectivity index (χ2v) is 5.95. The lowest BCUT2D eigenvalue weighted by Gasteiger charge is -2.03. The van der Waals surface area contributed by atoms with Crippen LogP contribution in [-0.2, 0) is 6.54 Å². The molecule has 4 aromatic rings. The number of nitrogens with zero attached hydrogens (tertiary/aromatic N) is 5. The fourth-order valence-corrected chi connectivity index (χ4v) is 3.20. The molecule has 0 atom stereocenters. The van der Waals surface area contributed by atoms with Crippen LogP contribution in [0.2, 0.25) is 0 Å². The lowest BCUT2D eigenvalue weighted by Crippen LogP contribution is -2.23. The summed E-state index contributed by atoms with van der Waals surface area (Å²) in [5, 5.41) is 11.3. The Morgan fingerprint density at radius 2 is 2.21 bits per heavy atom. The van der Waals surface area contributed by atoms with Crippen LogP contribution < -0.4 is 10.1 Å². The highest BCUT2D eigenvalue weighted by molar-refractivity contribution is 7.20. The number of amides is 1. The van der Waals surface area contributed by atoms with Crippen molar-refractivity contribution in [3.05, 3.63) is 47.5 Å². The Bertz CT molecular complexity index is 1010. The Labute approximate surface area is 140 Å². The van der Waals surface area contributed by atoms with Crippen molar-refractivity contribution in [2.75, 3.05) is 7.11 Å². The molecular formula is C15H12N6O2S. The van der Waals surface area contributed by atoms with Gasteiger partial charge in [0.1, 0.15) is 0 Å². The van der Waals surface area contributed by atoms with E-state index in [1.54, 1.807) is 16.8 Å². The molecule has 0 aliphatic carbocycles. The summed E-state index contributed by atoms with van der Waals surface area (Å²) >= 11 is 1.36. The number of methoxy groups -OCH3 is 1. The molecule has 24 heavy (non-hydrogen) atoms. The Balaban J connectivity index is 1.55. The molecule has 120 valence electrons. The first-order chi connectivity index (χ1) is 11.8. The van der Waals surface area contributed by atoms with Gasteiger partial charge in [-0.3, -0.25) is 9.20 Å². The monoisotopic (exact) mass is 340 g/mol. The molecule has 1 amide bonds. The van der Waals surface area contributed by atoms with Gasteiger partial charge in [-0.15, -0.1) is 21.5 Å². The van der Waals surface area contributed by atoms with Crippen LogP contribution >= 0.6 is 11.3 Å². The largest absolute Gasteiger partial charge is 0.478 e. The molecule has 8 nitrogen and oxygen atoms in total. The van der Waals surface area contributed by atoms with Gasteiger partial charge in [0.2, 0.25) is 5.65 Å². The van der Waals surface area contributed by atoms with Crippen LogP contribution in [0.1, 0.15) is 15.6 Å². The maximum absolute atomic E-state index is 12.3. The molecule has 0 radical (unpaired) electrons. The number of thiazole rings is 1. The molecule has 1 N–H and O–H groups in total. The van der Waals surface area contributed by atoms with Crippen LogP contribution in [0.3, 0.4) is 0 Å². The Hall–Kier alpha value is -3.07. The van der Waals surface area contributed by atoms with Crippen LogP contribution in [0.5, 0.6) is 5.88 Å². The smallest absolute Gasteiger partial charge is 0.280 e. The Morgan fingerprint density at radius 1 is 1.33 bits per heavy atom. The topological polar surface area (TPSA) is 94.3 Å². The highest BCUT2D eigenvalue weighted by atomic mass is 32.1. The summed E-state index contributed by atoms with van der Waals surface area (Å²) < 4.78 is 7.84. The molecule has 0 saturated heterocycles. The highest BCUT2D eigenvalue weighted by Crippen LogP contribution is 2.21. The quantitative estimate of drug-likeness (QED) is 0.607. The summed E-state index contributed by atoms with van der Waals surface area (Å²) in [5.74, 6) is 0.725.